The second-order valence-corrected chi connectivity index (χ2v) is 4.86. The summed E-state index contributed by atoms with van der Waals surface area (Å²) in [6.07, 6.45) is 2.55. The highest BCUT2D eigenvalue weighted by molar-refractivity contribution is 6.00. The second kappa shape index (κ2) is 4.33. The first-order valence-corrected chi connectivity index (χ1v) is 5.77. The Kier molecular flexibility index (Phi) is 3.02. The van der Waals surface area contributed by atoms with Gasteiger partial charge in [-0.2, -0.15) is 0 Å². The molecule has 0 fully saturated rings. The monoisotopic (exact) mass is 234 g/mol. The number of nitrogens with zero attached hydrogens (tertiary/aromatic N) is 2. The molecule has 92 valence electrons. The van der Waals surface area contributed by atoms with Crippen LogP contribution in [0.4, 0.5) is 11.5 Å². The van der Waals surface area contributed by atoms with Crippen LogP contribution in [0.25, 0.3) is 0 Å². The molecule has 0 saturated heterocycles. The average molecular weight is 234 g/mol. The van der Waals surface area contributed by atoms with Crippen LogP contribution >= 0.6 is 0 Å². The fourth-order valence-electron chi connectivity index (χ4n) is 2.11. The topological polar surface area (TPSA) is 71.2 Å². The van der Waals surface area contributed by atoms with Crippen LogP contribution in [0.5, 0.6) is 0 Å². The van der Waals surface area contributed by atoms with E-state index >= 15 is 0 Å². The van der Waals surface area contributed by atoms with Crippen molar-refractivity contribution in [3.63, 3.8) is 0 Å². The molecule has 17 heavy (non-hydrogen) atoms. The number of hydrogen-bond acceptors (Lipinski definition) is 4. The fourth-order valence-corrected chi connectivity index (χ4v) is 2.11. The lowest BCUT2D eigenvalue weighted by atomic mass is 9.97. The van der Waals surface area contributed by atoms with Crippen LogP contribution in [0.15, 0.2) is 18.3 Å². The molecule has 1 aromatic rings. The van der Waals surface area contributed by atoms with Crippen LogP contribution in [-0.2, 0) is 4.79 Å². The lowest BCUT2D eigenvalue weighted by molar-refractivity contribution is -0.115. The number of fused-ring (bicyclic) bond motifs is 1. The number of aromatic nitrogens is 1. The number of nitrogens with two attached hydrogens (primary N) is 1. The van der Waals surface area contributed by atoms with Crippen molar-refractivity contribution in [2.75, 3.05) is 23.3 Å². The summed E-state index contributed by atoms with van der Waals surface area (Å²) in [4.78, 5) is 18.1. The zero-order valence-electron chi connectivity index (χ0n) is 10.2. The molecule has 5 nitrogen and oxygen atoms in total. The summed E-state index contributed by atoms with van der Waals surface area (Å²) in [5.74, 6) is 0.821. The molecule has 0 atom stereocenters. The van der Waals surface area contributed by atoms with Crippen LogP contribution in [0.2, 0.25) is 0 Å². The number of rotatable bonds is 3. The van der Waals surface area contributed by atoms with Gasteiger partial charge in [0.25, 0.3) is 0 Å². The average Bonchev–Trinajstić information content (AvgIpc) is 2.27. The Morgan fingerprint density at radius 2 is 2.35 bits per heavy atom. The summed E-state index contributed by atoms with van der Waals surface area (Å²) in [5, 5.41) is 2.83. The SMILES string of the molecule is CC(C)(CCN)N1CC(=O)Nc2cccnc21. The van der Waals surface area contributed by atoms with Gasteiger partial charge in [-0.05, 0) is 38.9 Å². The Labute approximate surface area is 101 Å². The van der Waals surface area contributed by atoms with Gasteiger partial charge in [-0.1, -0.05) is 0 Å². The Hall–Kier alpha value is -1.62. The first-order chi connectivity index (χ1) is 8.04. The van der Waals surface area contributed by atoms with Crippen LogP contribution in [0.1, 0.15) is 20.3 Å². The van der Waals surface area contributed by atoms with Crippen LogP contribution < -0.4 is 16.0 Å². The molecule has 1 aromatic heterocycles. The van der Waals surface area contributed by atoms with Gasteiger partial charge in [-0.25, -0.2) is 4.98 Å². The smallest absolute Gasteiger partial charge is 0.244 e. The molecule has 1 amide bonds. The lowest BCUT2D eigenvalue weighted by Gasteiger charge is -2.42. The standard InChI is InChI=1S/C12H18N4O/c1-12(2,5-6-13)16-8-10(17)15-9-4-3-7-14-11(9)16/h3-4,7H,5-6,8,13H2,1-2H3,(H,15,17). The summed E-state index contributed by atoms with van der Waals surface area (Å²) >= 11 is 0. The summed E-state index contributed by atoms with van der Waals surface area (Å²) in [5.41, 5.74) is 6.23. The van der Waals surface area contributed by atoms with Crippen molar-refractivity contribution in [3.05, 3.63) is 18.3 Å². The Balaban J connectivity index is 2.39. The molecule has 1 aliphatic heterocycles. The Bertz CT molecular complexity index is 430. The minimum atomic E-state index is -0.171. The summed E-state index contributed by atoms with van der Waals surface area (Å²) in [7, 11) is 0. The van der Waals surface area contributed by atoms with Gasteiger partial charge >= 0.3 is 0 Å². The summed E-state index contributed by atoms with van der Waals surface area (Å²) < 4.78 is 0. The largest absolute Gasteiger partial charge is 0.340 e. The van der Waals surface area contributed by atoms with E-state index in [1.54, 1.807) is 6.20 Å². The highest BCUT2D eigenvalue weighted by Gasteiger charge is 2.33. The minimum Gasteiger partial charge on any atom is -0.340 e. The van der Waals surface area contributed by atoms with E-state index in [0.29, 0.717) is 13.1 Å². The number of amides is 1. The maximum absolute atomic E-state index is 11.7. The van der Waals surface area contributed by atoms with Crippen molar-refractivity contribution < 1.29 is 4.79 Å². The van der Waals surface area contributed by atoms with Gasteiger partial charge in [0.1, 0.15) is 0 Å². The summed E-state index contributed by atoms with van der Waals surface area (Å²) in [6.45, 7) is 5.08. The molecule has 0 saturated carbocycles. The second-order valence-electron chi connectivity index (χ2n) is 4.86. The third kappa shape index (κ3) is 2.24. The van der Waals surface area contributed by atoms with E-state index < -0.39 is 0 Å². The summed E-state index contributed by atoms with van der Waals surface area (Å²) in [6, 6.07) is 3.68. The molecule has 0 aliphatic carbocycles. The highest BCUT2D eigenvalue weighted by atomic mass is 16.2. The zero-order valence-corrected chi connectivity index (χ0v) is 10.2. The predicted octanol–water partition coefficient (Wildman–Crippen LogP) is 0.967. The molecule has 0 spiro atoms. The van der Waals surface area contributed by atoms with Gasteiger partial charge < -0.3 is 16.0 Å². The third-order valence-corrected chi connectivity index (χ3v) is 3.10. The number of carbonyl (C=O) groups excluding carboxylic acids is 1. The number of pyridine rings is 1. The van der Waals surface area contributed by atoms with Crippen molar-refractivity contribution in [1.82, 2.24) is 4.98 Å². The van der Waals surface area contributed by atoms with Gasteiger partial charge in [0.15, 0.2) is 5.82 Å². The van der Waals surface area contributed by atoms with E-state index in [9.17, 15) is 4.79 Å². The predicted molar refractivity (Wildman–Crippen MR) is 68.0 cm³/mol. The van der Waals surface area contributed by atoms with Gasteiger partial charge in [-0.3, -0.25) is 4.79 Å². The van der Waals surface area contributed by atoms with Crippen molar-refractivity contribution in [1.29, 1.82) is 0 Å². The van der Waals surface area contributed by atoms with E-state index in [1.807, 2.05) is 17.0 Å². The lowest BCUT2D eigenvalue weighted by Crippen LogP contribution is -2.51. The van der Waals surface area contributed by atoms with Crippen LogP contribution in [0.3, 0.4) is 0 Å². The molecule has 2 rings (SSSR count). The van der Waals surface area contributed by atoms with E-state index in [0.717, 1.165) is 17.9 Å². The molecule has 0 aromatic carbocycles. The van der Waals surface area contributed by atoms with Gasteiger partial charge in [-0.15, -0.1) is 0 Å². The molecule has 0 bridgehead atoms. The maximum Gasteiger partial charge on any atom is 0.244 e. The molecule has 0 radical (unpaired) electrons. The first-order valence-electron chi connectivity index (χ1n) is 5.77. The molecule has 5 heteroatoms. The molecule has 2 heterocycles. The van der Waals surface area contributed by atoms with Gasteiger partial charge in [0.2, 0.25) is 5.91 Å². The van der Waals surface area contributed by atoms with E-state index in [4.69, 9.17) is 5.73 Å². The van der Waals surface area contributed by atoms with Crippen LogP contribution in [-0.4, -0.2) is 29.5 Å². The molecular weight excluding hydrogens is 216 g/mol. The van der Waals surface area contributed by atoms with Crippen LogP contribution in [0, 0.1) is 0 Å². The number of carbonyl (C=O) groups is 1. The zero-order chi connectivity index (χ0) is 12.5. The quantitative estimate of drug-likeness (QED) is 0.817. The highest BCUT2D eigenvalue weighted by Crippen LogP contribution is 2.32. The Morgan fingerprint density at radius 1 is 1.59 bits per heavy atom. The van der Waals surface area contributed by atoms with Crippen molar-refractivity contribution in [2.45, 2.75) is 25.8 Å². The number of nitrogens with one attached hydrogen (secondary N) is 1. The van der Waals surface area contributed by atoms with Crippen molar-refractivity contribution >= 4 is 17.4 Å². The molecule has 1 aliphatic rings. The molecule has 0 unspecified atom stereocenters. The first kappa shape index (κ1) is 11.9. The van der Waals surface area contributed by atoms with E-state index in [-0.39, 0.29) is 11.4 Å². The van der Waals surface area contributed by atoms with Crippen molar-refractivity contribution in [3.8, 4) is 0 Å². The van der Waals surface area contributed by atoms with E-state index in [1.165, 1.54) is 0 Å². The fraction of sp³-hybridized carbons (Fsp3) is 0.500. The Morgan fingerprint density at radius 3 is 3.06 bits per heavy atom. The minimum absolute atomic E-state index is 0.00408. The van der Waals surface area contributed by atoms with E-state index in [2.05, 4.69) is 24.1 Å². The maximum atomic E-state index is 11.7. The van der Waals surface area contributed by atoms with Gasteiger partial charge in [0, 0.05) is 11.7 Å². The normalized spacial score (nSPS) is 15.5. The third-order valence-electron chi connectivity index (χ3n) is 3.10. The van der Waals surface area contributed by atoms with Gasteiger partial charge in [0.05, 0.1) is 12.2 Å². The number of anilines is 2. The number of hydrogen-bond donors (Lipinski definition) is 2. The molecular formula is C12H18N4O. The molecule has 3 N–H and O–H groups in total. The van der Waals surface area contributed by atoms with Crippen molar-refractivity contribution in [2.24, 2.45) is 5.73 Å².